The van der Waals surface area contributed by atoms with Crippen molar-refractivity contribution in [3.8, 4) is 0 Å². The van der Waals surface area contributed by atoms with Crippen LogP contribution in [0, 0.1) is 0 Å². The number of hydrogen-bond donors (Lipinski definition) is 0. The van der Waals surface area contributed by atoms with Gasteiger partial charge in [-0.1, -0.05) is 72.8 Å². The second-order valence-corrected chi connectivity index (χ2v) is 9.27. The molecule has 0 saturated heterocycles. The second kappa shape index (κ2) is 8.95. The van der Waals surface area contributed by atoms with Gasteiger partial charge in [-0.15, -0.1) is 23.5 Å². The minimum Gasteiger partial charge on any atom is -0.247 e. The maximum Gasteiger partial charge on any atom is 0.0750 e. The van der Waals surface area contributed by atoms with E-state index in [1.807, 2.05) is 23.5 Å². The average molecular weight is 424 g/mol. The van der Waals surface area contributed by atoms with Gasteiger partial charge in [0.1, 0.15) is 0 Å². The molecule has 1 aromatic heterocycles. The van der Waals surface area contributed by atoms with Gasteiger partial charge in [0, 0.05) is 32.1 Å². The maximum atomic E-state index is 5.18. The van der Waals surface area contributed by atoms with Gasteiger partial charge in [-0.2, -0.15) is 0 Å². The van der Waals surface area contributed by atoms with Crippen LogP contribution in [-0.4, -0.2) is 4.98 Å². The van der Waals surface area contributed by atoms with Crippen LogP contribution >= 0.6 is 23.5 Å². The molecule has 30 heavy (non-hydrogen) atoms. The highest BCUT2D eigenvalue weighted by atomic mass is 32.2. The predicted molar refractivity (Wildman–Crippen MR) is 131 cm³/mol. The van der Waals surface area contributed by atoms with Crippen LogP contribution in [-0.2, 0) is 11.5 Å². The SMILES string of the molecule is c1ccc(SCc2cccc3cc4cccc(CSc5ccccc5)c4nc23)cc1. The minimum absolute atomic E-state index is 0.917. The Kier molecular flexibility index (Phi) is 5.73. The van der Waals surface area contributed by atoms with Gasteiger partial charge in [0.15, 0.2) is 0 Å². The number of para-hydroxylation sites is 2. The Labute approximate surface area is 185 Å². The molecule has 0 radical (unpaired) electrons. The normalized spacial score (nSPS) is 11.2. The molecule has 1 nitrogen and oxygen atoms in total. The molecular formula is C27H21NS2. The van der Waals surface area contributed by atoms with Crippen molar-refractivity contribution in [2.75, 3.05) is 0 Å². The molecular weight excluding hydrogens is 402 g/mol. The van der Waals surface area contributed by atoms with E-state index in [4.69, 9.17) is 4.98 Å². The van der Waals surface area contributed by atoms with Crippen LogP contribution in [0.15, 0.2) is 113 Å². The lowest BCUT2D eigenvalue weighted by Crippen LogP contribution is -1.92. The number of nitrogens with zero attached hydrogens (tertiary/aromatic N) is 1. The molecule has 5 rings (SSSR count). The van der Waals surface area contributed by atoms with E-state index in [1.54, 1.807) is 0 Å². The van der Waals surface area contributed by atoms with Gasteiger partial charge < -0.3 is 0 Å². The molecule has 0 amide bonds. The Bertz CT molecular complexity index is 1190. The van der Waals surface area contributed by atoms with Crippen molar-refractivity contribution in [3.05, 3.63) is 114 Å². The summed E-state index contributed by atoms with van der Waals surface area (Å²) in [6.07, 6.45) is 0. The third-order valence-electron chi connectivity index (χ3n) is 5.11. The van der Waals surface area contributed by atoms with Crippen molar-refractivity contribution in [2.24, 2.45) is 0 Å². The molecule has 0 N–H and O–H groups in total. The molecule has 0 aliphatic rings. The van der Waals surface area contributed by atoms with Crippen LogP contribution in [0.4, 0.5) is 0 Å². The number of hydrogen-bond acceptors (Lipinski definition) is 3. The topological polar surface area (TPSA) is 12.9 Å². The highest BCUT2D eigenvalue weighted by Crippen LogP contribution is 2.31. The molecule has 0 fully saturated rings. The fraction of sp³-hybridized carbons (Fsp3) is 0.0741. The highest BCUT2D eigenvalue weighted by molar-refractivity contribution is 7.98. The van der Waals surface area contributed by atoms with E-state index < -0.39 is 0 Å². The number of benzene rings is 4. The van der Waals surface area contributed by atoms with Gasteiger partial charge in [-0.25, -0.2) is 4.98 Å². The predicted octanol–water partition coefficient (Wildman–Crippen LogP) is 7.97. The van der Waals surface area contributed by atoms with Crippen molar-refractivity contribution < 1.29 is 0 Å². The van der Waals surface area contributed by atoms with Gasteiger partial charge in [0.2, 0.25) is 0 Å². The molecule has 0 saturated carbocycles. The Hall–Kier alpha value is -2.75. The number of rotatable bonds is 6. The summed E-state index contributed by atoms with van der Waals surface area (Å²) < 4.78 is 0. The van der Waals surface area contributed by atoms with Crippen molar-refractivity contribution >= 4 is 45.3 Å². The van der Waals surface area contributed by atoms with Crippen molar-refractivity contribution in [2.45, 2.75) is 21.3 Å². The molecule has 0 aliphatic carbocycles. The van der Waals surface area contributed by atoms with Crippen LogP contribution in [0.25, 0.3) is 21.8 Å². The molecule has 146 valence electrons. The first-order chi connectivity index (χ1) is 14.9. The number of fused-ring (bicyclic) bond motifs is 2. The number of thioether (sulfide) groups is 2. The smallest absolute Gasteiger partial charge is 0.0750 e. The lowest BCUT2D eigenvalue weighted by Gasteiger charge is -2.10. The Balaban J connectivity index is 1.49. The summed E-state index contributed by atoms with van der Waals surface area (Å²) in [5.41, 5.74) is 4.80. The van der Waals surface area contributed by atoms with E-state index in [2.05, 4.69) is 103 Å². The van der Waals surface area contributed by atoms with Crippen LogP contribution < -0.4 is 0 Å². The summed E-state index contributed by atoms with van der Waals surface area (Å²) in [7, 11) is 0. The summed E-state index contributed by atoms with van der Waals surface area (Å²) in [5.74, 6) is 1.83. The standard InChI is InChI=1S/C27H21NS2/c1-3-13-24(14-4-1)29-18-22-11-7-9-20-17-21-10-8-12-23(27(21)28-26(20)22)19-30-25-15-5-2-6-16-25/h1-17H,18-19H2. The lowest BCUT2D eigenvalue weighted by atomic mass is 10.1. The first kappa shape index (κ1) is 19.2. The number of aromatic nitrogens is 1. The third-order valence-corrected chi connectivity index (χ3v) is 7.23. The quantitative estimate of drug-likeness (QED) is 0.203. The second-order valence-electron chi connectivity index (χ2n) is 7.17. The average Bonchev–Trinajstić information content (AvgIpc) is 2.81. The van der Waals surface area contributed by atoms with Crippen LogP contribution in [0.5, 0.6) is 0 Å². The van der Waals surface area contributed by atoms with Crippen LogP contribution in [0.2, 0.25) is 0 Å². The van der Waals surface area contributed by atoms with Gasteiger partial charge in [0.25, 0.3) is 0 Å². The van der Waals surface area contributed by atoms with E-state index in [9.17, 15) is 0 Å². The molecule has 0 spiro atoms. The van der Waals surface area contributed by atoms with E-state index in [0.717, 1.165) is 22.5 Å². The lowest BCUT2D eigenvalue weighted by molar-refractivity contribution is 1.34. The van der Waals surface area contributed by atoms with Gasteiger partial charge in [-0.3, -0.25) is 0 Å². The Morgan fingerprint density at radius 2 is 0.967 bits per heavy atom. The summed E-state index contributed by atoms with van der Waals surface area (Å²) in [5, 5.41) is 2.42. The van der Waals surface area contributed by atoms with Crippen LogP contribution in [0.3, 0.4) is 0 Å². The van der Waals surface area contributed by atoms with E-state index in [1.165, 1.54) is 31.7 Å². The summed E-state index contributed by atoms with van der Waals surface area (Å²) in [6.45, 7) is 0. The zero-order chi connectivity index (χ0) is 20.2. The van der Waals surface area contributed by atoms with Crippen molar-refractivity contribution in [1.82, 2.24) is 4.98 Å². The monoisotopic (exact) mass is 423 g/mol. The Morgan fingerprint density at radius 1 is 0.500 bits per heavy atom. The van der Waals surface area contributed by atoms with Crippen molar-refractivity contribution in [1.29, 1.82) is 0 Å². The molecule has 1 heterocycles. The molecule has 5 aromatic rings. The summed E-state index contributed by atoms with van der Waals surface area (Å²) in [4.78, 5) is 7.75. The third kappa shape index (κ3) is 4.23. The zero-order valence-electron chi connectivity index (χ0n) is 16.5. The summed E-state index contributed by atoms with van der Waals surface area (Å²) >= 11 is 3.72. The van der Waals surface area contributed by atoms with E-state index in [-0.39, 0.29) is 0 Å². The van der Waals surface area contributed by atoms with E-state index >= 15 is 0 Å². The van der Waals surface area contributed by atoms with Crippen molar-refractivity contribution in [3.63, 3.8) is 0 Å². The van der Waals surface area contributed by atoms with Gasteiger partial charge in [-0.05, 0) is 41.5 Å². The molecule has 0 unspecified atom stereocenters. The summed E-state index contributed by atoms with van der Waals surface area (Å²) in [6, 6.07) is 36.5. The molecule has 0 bridgehead atoms. The van der Waals surface area contributed by atoms with Crippen LogP contribution in [0.1, 0.15) is 11.1 Å². The molecule has 0 aliphatic heterocycles. The van der Waals surface area contributed by atoms with Gasteiger partial charge >= 0.3 is 0 Å². The fourth-order valence-corrected chi connectivity index (χ4v) is 5.41. The highest BCUT2D eigenvalue weighted by Gasteiger charge is 2.09. The Morgan fingerprint density at radius 3 is 1.43 bits per heavy atom. The molecule has 3 heteroatoms. The van der Waals surface area contributed by atoms with E-state index in [0.29, 0.717) is 0 Å². The fourth-order valence-electron chi connectivity index (χ4n) is 3.60. The van der Waals surface area contributed by atoms with Gasteiger partial charge in [0.05, 0.1) is 11.0 Å². The minimum atomic E-state index is 0.917. The number of pyridine rings is 1. The largest absolute Gasteiger partial charge is 0.247 e. The first-order valence-corrected chi connectivity index (χ1v) is 12.0. The molecule has 4 aromatic carbocycles. The maximum absolute atomic E-state index is 5.18. The molecule has 0 atom stereocenters. The zero-order valence-corrected chi connectivity index (χ0v) is 18.1. The first-order valence-electron chi connectivity index (χ1n) is 10.0.